The maximum Gasteiger partial charge on any atom is 0.243 e. The summed E-state index contributed by atoms with van der Waals surface area (Å²) in [6.45, 7) is 4.40. The Morgan fingerprint density at radius 3 is 2.52 bits per heavy atom. The summed E-state index contributed by atoms with van der Waals surface area (Å²) in [5.41, 5.74) is 4.57. The van der Waals surface area contributed by atoms with Crippen LogP contribution in [0, 0.1) is 13.8 Å². The van der Waals surface area contributed by atoms with Crippen LogP contribution in [0.1, 0.15) is 11.1 Å². The summed E-state index contributed by atoms with van der Waals surface area (Å²) in [4.78, 5) is 0.162. The minimum atomic E-state index is -3.92. The summed E-state index contributed by atoms with van der Waals surface area (Å²) < 4.78 is 44.9. The monoisotopic (exact) mass is 466 g/mol. The molecule has 0 bridgehead atoms. The first-order valence-electron chi connectivity index (χ1n) is 10.5. The Hall–Kier alpha value is -3.04. The van der Waals surface area contributed by atoms with Crippen molar-refractivity contribution in [2.24, 2.45) is 0 Å². The van der Waals surface area contributed by atoms with Crippen molar-refractivity contribution >= 4 is 20.8 Å². The molecule has 0 saturated carbocycles. The lowest BCUT2D eigenvalue weighted by Gasteiger charge is -2.20. The first-order valence-corrected chi connectivity index (χ1v) is 12.0. The van der Waals surface area contributed by atoms with Crippen molar-refractivity contribution in [1.82, 2.24) is 9.88 Å². The predicted molar refractivity (Wildman–Crippen MR) is 127 cm³/mol. The van der Waals surface area contributed by atoms with Crippen LogP contribution in [0.15, 0.2) is 70.3 Å². The molecule has 3 aromatic carbocycles. The molecule has 1 N–H and O–H groups in total. The smallest absolute Gasteiger partial charge is 0.243 e. The molecule has 0 unspecified atom stereocenters. The zero-order chi connectivity index (χ0) is 23.4. The summed E-state index contributed by atoms with van der Waals surface area (Å²) in [6, 6.07) is 17.2. The van der Waals surface area contributed by atoms with E-state index in [1.165, 1.54) is 6.26 Å². The van der Waals surface area contributed by atoms with E-state index in [2.05, 4.69) is 9.88 Å². The maximum atomic E-state index is 13.5. The molecule has 0 aliphatic carbocycles. The van der Waals surface area contributed by atoms with Gasteiger partial charge in [0.2, 0.25) is 10.0 Å². The lowest BCUT2D eigenvalue weighted by molar-refractivity contribution is 0.0688. The van der Waals surface area contributed by atoms with Gasteiger partial charge in [-0.1, -0.05) is 47.6 Å². The molecule has 0 fully saturated rings. The van der Waals surface area contributed by atoms with Crippen LogP contribution in [0.25, 0.3) is 33.2 Å². The van der Waals surface area contributed by atoms with Crippen LogP contribution < -0.4 is 4.72 Å². The van der Waals surface area contributed by atoms with Gasteiger partial charge in [-0.2, -0.15) is 4.72 Å². The van der Waals surface area contributed by atoms with Gasteiger partial charge < -0.3 is 14.0 Å². The highest BCUT2D eigenvalue weighted by Crippen LogP contribution is 2.40. The van der Waals surface area contributed by atoms with Crippen molar-refractivity contribution in [3.05, 3.63) is 72.0 Å². The molecule has 0 aliphatic rings. The first-order chi connectivity index (χ1) is 15.9. The summed E-state index contributed by atoms with van der Waals surface area (Å²) in [7, 11) is -2.36. The van der Waals surface area contributed by atoms with Gasteiger partial charge in [0.25, 0.3) is 0 Å². The molecule has 172 valence electrons. The van der Waals surface area contributed by atoms with E-state index in [1.54, 1.807) is 19.2 Å². The Bertz CT molecular complexity index is 1360. The number of nitrogens with zero attached hydrogens (tertiary/aromatic N) is 1. The summed E-state index contributed by atoms with van der Waals surface area (Å²) in [6.07, 6.45) is 1.47. The number of sulfonamides is 1. The zero-order valence-electron chi connectivity index (χ0n) is 18.8. The van der Waals surface area contributed by atoms with E-state index >= 15 is 0 Å². The Morgan fingerprint density at radius 2 is 1.76 bits per heavy atom. The Labute approximate surface area is 193 Å². The average Bonchev–Trinajstić information content (AvgIpc) is 3.35. The first kappa shape index (κ1) is 23.1. The number of hydrogen-bond donors (Lipinski definition) is 1. The fourth-order valence-corrected chi connectivity index (χ4v) is 5.10. The highest BCUT2D eigenvalue weighted by molar-refractivity contribution is 7.89. The van der Waals surface area contributed by atoms with Gasteiger partial charge in [-0.3, -0.25) is 0 Å². The minimum absolute atomic E-state index is 0.160. The van der Waals surface area contributed by atoms with Gasteiger partial charge in [-0.05, 0) is 47.4 Å². The van der Waals surface area contributed by atoms with Crippen LogP contribution in [0.5, 0.6) is 0 Å². The second-order valence-corrected chi connectivity index (χ2v) is 9.39. The molecule has 4 aromatic rings. The lowest BCUT2D eigenvalue weighted by Crippen LogP contribution is -2.28. The molecule has 33 heavy (non-hydrogen) atoms. The quantitative estimate of drug-likeness (QED) is 0.285. The number of ether oxygens (including phenoxy) is 2. The van der Waals surface area contributed by atoms with Crippen LogP contribution in [0.2, 0.25) is 0 Å². The second kappa shape index (κ2) is 9.84. The molecule has 0 amide bonds. The third-order valence-electron chi connectivity index (χ3n) is 5.71. The zero-order valence-corrected chi connectivity index (χ0v) is 19.6. The predicted octanol–water partition coefficient (Wildman–Crippen LogP) is 4.68. The highest BCUT2D eigenvalue weighted by Gasteiger charge is 2.26. The topological polar surface area (TPSA) is 90.7 Å². The second-order valence-electron chi connectivity index (χ2n) is 7.65. The van der Waals surface area contributed by atoms with Gasteiger partial charge in [0.05, 0.1) is 18.1 Å². The van der Waals surface area contributed by atoms with Gasteiger partial charge in [0, 0.05) is 24.3 Å². The number of aromatic nitrogens is 1. The standard InChI is InChI=1S/C25H26N2O5S/c1-17-18(2)25(21-10-6-8-19-7-4-5-9-20(19)21)24(15-22(17)23-11-12-32-27-23)33(28,29)26-16-31-14-13-30-3/h4-12,15,26H,13-14,16H2,1-3H3. The third kappa shape index (κ3) is 4.69. The molecular formula is C25H26N2O5S. The van der Waals surface area contributed by atoms with Crippen LogP contribution in [0.3, 0.4) is 0 Å². The molecule has 0 radical (unpaired) electrons. The molecule has 0 saturated heterocycles. The Morgan fingerprint density at radius 1 is 0.970 bits per heavy atom. The molecule has 0 aliphatic heterocycles. The fourth-order valence-electron chi connectivity index (χ4n) is 3.90. The van der Waals surface area contributed by atoms with Crippen molar-refractivity contribution in [1.29, 1.82) is 0 Å². The van der Waals surface area contributed by atoms with Gasteiger partial charge in [0.15, 0.2) is 0 Å². The van der Waals surface area contributed by atoms with Gasteiger partial charge in [0.1, 0.15) is 18.7 Å². The van der Waals surface area contributed by atoms with Crippen LogP contribution in [0.4, 0.5) is 0 Å². The molecule has 0 atom stereocenters. The molecule has 8 heteroatoms. The summed E-state index contributed by atoms with van der Waals surface area (Å²) in [5, 5.41) is 6.04. The largest absolute Gasteiger partial charge is 0.382 e. The van der Waals surface area contributed by atoms with Gasteiger partial charge in [-0.15, -0.1) is 0 Å². The summed E-state index contributed by atoms with van der Waals surface area (Å²) >= 11 is 0. The van der Waals surface area contributed by atoms with E-state index in [0.717, 1.165) is 27.5 Å². The molecular weight excluding hydrogens is 440 g/mol. The van der Waals surface area contributed by atoms with Crippen molar-refractivity contribution in [2.45, 2.75) is 18.7 Å². The maximum absolute atomic E-state index is 13.5. The van der Waals surface area contributed by atoms with Crippen molar-refractivity contribution in [3.63, 3.8) is 0 Å². The number of benzene rings is 3. The minimum Gasteiger partial charge on any atom is -0.382 e. The fraction of sp³-hybridized carbons (Fsp3) is 0.240. The van der Waals surface area contributed by atoms with Crippen LogP contribution >= 0.6 is 0 Å². The van der Waals surface area contributed by atoms with Crippen molar-refractivity contribution < 1.29 is 22.4 Å². The third-order valence-corrected chi connectivity index (χ3v) is 7.11. The number of nitrogens with one attached hydrogen (secondary N) is 1. The Kier molecular flexibility index (Phi) is 6.90. The van der Waals surface area contributed by atoms with Gasteiger partial charge in [-0.25, -0.2) is 8.42 Å². The van der Waals surface area contributed by atoms with E-state index in [0.29, 0.717) is 23.4 Å². The lowest BCUT2D eigenvalue weighted by atomic mass is 9.90. The van der Waals surface area contributed by atoms with Crippen LogP contribution in [-0.2, 0) is 19.5 Å². The summed E-state index contributed by atoms with van der Waals surface area (Å²) in [5.74, 6) is 0. The van der Waals surface area contributed by atoms with Crippen molar-refractivity contribution in [2.75, 3.05) is 27.1 Å². The van der Waals surface area contributed by atoms with Crippen LogP contribution in [-0.4, -0.2) is 40.6 Å². The molecule has 7 nitrogen and oxygen atoms in total. The normalized spacial score (nSPS) is 11.8. The molecule has 0 spiro atoms. The number of hydrogen-bond acceptors (Lipinski definition) is 6. The Balaban J connectivity index is 1.91. The van der Waals surface area contributed by atoms with Crippen molar-refractivity contribution in [3.8, 4) is 22.4 Å². The number of rotatable bonds is 9. The van der Waals surface area contributed by atoms with Gasteiger partial charge >= 0.3 is 0 Å². The van der Waals surface area contributed by atoms with E-state index in [-0.39, 0.29) is 18.2 Å². The van der Waals surface area contributed by atoms with E-state index in [4.69, 9.17) is 14.0 Å². The van der Waals surface area contributed by atoms with E-state index < -0.39 is 10.0 Å². The number of fused-ring (bicyclic) bond motifs is 1. The average molecular weight is 467 g/mol. The van der Waals surface area contributed by atoms with E-state index in [1.807, 2.05) is 56.3 Å². The molecule has 1 aromatic heterocycles. The molecule has 1 heterocycles. The van der Waals surface area contributed by atoms with E-state index in [9.17, 15) is 8.42 Å². The SMILES string of the molecule is COCCOCNS(=O)(=O)c1cc(-c2ccon2)c(C)c(C)c1-c1cccc2ccccc12. The highest BCUT2D eigenvalue weighted by atomic mass is 32.2. The molecule has 4 rings (SSSR count). The number of methoxy groups -OCH3 is 1.